The van der Waals surface area contributed by atoms with E-state index in [4.69, 9.17) is 0 Å². The lowest BCUT2D eigenvalue weighted by Gasteiger charge is -2.19. The third-order valence-electron chi connectivity index (χ3n) is 3.70. The molecule has 0 saturated heterocycles. The van der Waals surface area contributed by atoms with Gasteiger partial charge in [-0.15, -0.1) is 11.8 Å². The van der Waals surface area contributed by atoms with Crippen LogP contribution in [0.4, 0.5) is 8.78 Å². The second kappa shape index (κ2) is 9.50. The highest BCUT2D eigenvalue weighted by atomic mass is 32.2. The van der Waals surface area contributed by atoms with Crippen LogP contribution in [0.1, 0.15) is 29.8 Å². The Kier molecular flexibility index (Phi) is 7.36. The van der Waals surface area contributed by atoms with Crippen molar-refractivity contribution in [3.05, 3.63) is 65.2 Å². The van der Waals surface area contributed by atoms with E-state index in [0.29, 0.717) is 10.5 Å². The Morgan fingerprint density at radius 2 is 1.85 bits per heavy atom. The average molecular weight is 392 g/mol. The number of hydrogen-bond donors (Lipinski definition) is 1. The van der Waals surface area contributed by atoms with Crippen molar-refractivity contribution in [1.82, 2.24) is 10.2 Å². The van der Waals surface area contributed by atoms with Crippen LogP contribution in [0.5, 0.6) is 0 Å². The number of carbonyl (C=O) groups is 2. The Bertz CT molecular complexity index is 827. The summed E-state index contributed by atoms with van der Waals surface area (Å²) in [4.78, 5) is 26.7. The predicted molar refractivity (Wildman–Crippen MR) is 103 cm³/mol. The zero-order valence-corrected chi connectivity index (χ0v) is 16.3. The highest BCUT2D eigenvalue weighted by molar-refractivity contribution is 8.00. The summed E-state index contributed by atoms with van der Waals surface area (Å²) in [5, 5.41) is 2.80. The van der Waals surface area contributed by atoms with Gasteiger partial charge in [-0.05, 0) is 32.0 Å². The molecule has 1 N–H and O–H groups in total. The van der Waals surface area contributed by atoms with Crippen molar-refractivity contribution >= 4 is 23.6 Å². The Morgan fingerprint density at radius 3 is 2.52 bits per heavy atom. The standard InChI is InChI=1S/C20H22F2N2O2S/c1-13(2)23-19(25)12-27-18-7-5-4-6-16(18)20(26)24(3)11-14-8-9-15(21)10-17(14)22/h4-10,13H,11-12H2,1-3H3,(H,23,25). The number of nitrogens with one attached hydrogen (secondary N) is 1. The Labute approximate surface area is 161 Å². The summed E-state index contributed by atoms with van der Waals surface area (Å²) in [7, 11) is 1.55. The van der Waals surface area contributed by atoms with Crippen molar-refractivity contribution in [2.75, 3.05) is 12.8 Å². The van der Waals surface area contributed by atoms with Crippen molar-refractivity contribution in [2.45, 2.75) is 31.3 Å². The van der Waals surface area contributed by atoms with E-state index in [1.807, 2.05) is 13.8 Å². The minimum absolute atomic E-state index is 0.0117. The van der Waals surface area contributed by atoms with Crippen molar-refractivity contribution in [3.8, 4) is 0 Å². The fourth-order valence-corrected chi connectivity index (χ4v) is 3.31. The van der Waals surface area contributed by atoms with Gasteiger partial charge in [0.25, 0.3) is 5.91 Å². The number of thioether (sulfide) groups is 1. The smallest absolute Gasteiger partial charge is 0.255 e. The largest absolute Gasteiger partial charge is 0.353 e. The van der Waals surface area contributed by atoms with Gasteiger partial charge in [0.15, 0.2) is 0 Å². The minimum Gasteiger partial charge on any atom is -0.353 e. The first-order chi connectivity index (χ1) is 12.8. The van der Waals surface area contributed by atoms with Crippen molar-refractivity contribution < 1.29 is 18.4 Å². The molecular weight excluding hydrogens is 370 g/mol. The van der Waals surface area contributed by atoms with E-state index >= 15 is 0 Å². The fraction of sp³-hybridized carbons (Fsp3) is 0.300. The van der Waals surface area contributed by atoms with Gasteiger partial charge in [-0.3, -0.25) is 9.59 Å². The van der Waals surface area contributed by atoms with E-state index in [1.165, 1.54) is 22.7 Å². The first-order valence-electron chi connectivity index (χ1n) is 8.48. The van der Waals surface area contributed by atoms with Gasteiger partial charge in [0.05, 0.1) is 11.3 Å². The van der Waals surface area contributed by atoms with Gasteiger partial charge in [-0.25, -0.2) is 8.78 Å². The summed E-state index contributed by atoms with van der Waals surface area (Å²) in [6.45, 7) is 3.77. The van der Waals surface area contributed by atoms with Crippen LogP contribution in [0.3, 0.4) is 0 Å². The molecule has 144 valence electrons. The number of rotatable bonds is 7. The molecule has 7 heteroatoms. The summed E-state index contributed by atoms with van der Waals surface area (Å²) >= 11 is 1.27. The molecule has 0 fully saturated rings. The molecule has 0 atom stereocenters. The first-order valence-corrected chi connectivity index (χ1v) is 9.47. The Hall–Kier alpha value is -2.41. The van der Waals surface area contributed by atoms with Crippen LogP contribution < -0.4 is 5.32 Å². The van der Waals surface area contributed by atoms with Gasteiger partial charge in [-0.1, -0.05) is 18.2 Å². The summed E-state index contributed by atoms with van der Waals surface area (Å²) < 4.78 is 26.9. The van der Waals surface area contributed by atoms with Crippen molar-refractivity contribution in [1.29, 1.82) is 0 Å². The second-order valence-electron chi connectivity index (χ2n) is 6.40. The summed E-state index contributed by atoms with van der Waals surface area (Å²) in [5.41, 5.74) is 0.665. The van der Waals surface area contributed by atoms with E-state index in [0.717, 1.165) is 12.1 Å². The van der Waals surface area contributed by atoms with E-state index in [2.05, 4.69) is 5.32 Å². The predicted octanol–water partition coefficient (Wildman–Crippen LogP) is 3.85. The fourth-order valence-electron chi connectivity index (χ4n) is 2.46. The lowest BCUT2D eigenvalue weighted by Crippen LogP contribution is -2.31. The highest BCUT2D eigenvalue weighted by Crippen LogP contribution is 2.24. The van der Waals surface area contributed by atoms with Crippen LogP contribution in [-0.4, -0.2) is 35.6 Å². The van der Waals surface area contributed by atoms with E-state index in [1.54, 1.807) is 31.3 Å². The molecule has 0 saturated carbocycles. The molecule has 2 amide bonds. The quantitative estimate of drug-likeness (QED) is 0.728. The van der Waals surface area contributed by atoms with Crippen LogP contribution in [0.15, 0.2) is 47.4 Å². The lowest BCUT2D eigenvalue weighted by atomic mass is 10.1. The van der Waals surface area contributed by atoms with Crippen LogP contribution in [0.2, 0.25) is 0 Å². The maximum absolute atomic E-state index is 13.8. The second-order valence-corrected chi connectivity index (χ2v) is 7.42. The molecule has 0 radical (unpaired) electrons. The molecule has 4 nitrogen and oxygen atoms in total. The number of amides is 2. The van der Waals surface area contributed by atoms with Crippen LogP contribution in [-0.2, 0) is 11.3 Å². The van der Waals surface area contributed by atoms with Gasteiger partial charge in [0, 0.05) is 36.2 Å². The number of carbonyl (C=O) groups excluding carboxylic acids is 2. The van der Waals surface area contributed by atoms with Gasteiger partial charge in [-0.2, -0.15) is 0 Å². The first kappa shape index (κ1) is 20.9. The number of hydrogen-bond acceptors (Lipinski definition) is 3. The average Bonchev–Trinajstić information content (AvgIpc) is 2.61. The van der Waals surface area contributed by atoms with Crippen LogP contribution in [0.25, 0.3) is 0 Å². The molecule has 2 aromatic rings. The van der Waals surface area contributed by atoms with E-state index in [-0.39, 0.29) is 35.7 Å². The number of nitrogens with zero attached hydrogens (tertiary/aromatic N) is 1. The summed E-state index contributed by atoms with van der Waals surface area (Å²) in [5.74, 6) is -1.57. The molecule has 0 spiro atoms. The lowest BCUT2D eigenvalue weighted by molar-refractivity contribution is -0.119. The monoisotopic (exact) mass is 392 g/mol. The molecule has 0 aliphatic rings. The Balaban J connectivity index is 2.10. The summed E-state index contributed by atoms with van der Waals surface area (Å²) in [6.07, 6.45) is 0. The molecule has 0 aliphatic heterocycles. The maximum Gasteiger partial charge on any atom is 0.255 e. The third-order valence-corrected chi connectivity index (χ3v) is 4.77. The van der Waals surface area contributed by atoms with Gasteiger partial charge in [0.1, 0.15) is 11.6 Å². The zero-order valence-electron chi connectivity index (χ0n) is 15.5. The van der Waals surface area contributed by atoms with E-state index < -0.39 is 11.6 Å². The minimum atomic E-state index is -0.692. The maximum atomic E-state index is 13.8. The molecule has 27 heavy (non-hydrogen) atoms. The molecule has 0 bridgehead atoms. The molecule has 2 rings (SSSR count). The van der Waals surface area contributed by atoms with Crippen molar-refractivity contribution in [2.24, 2.45) is 0 Å². The molecule has 0 unspecified atom stereocenters. The van der Waals surface area contributed by atoms with Gasteiger partial charge >= 0.3 is 0 Å². The van der Waals surface area contributed by atoms with Crippen LogP contribution in [0, 0.1) is 11.6 Å². The number of benzene rings is 2. The molecular formula is C20H22F2N2O2S. The number of halogens is 2. The highest BCUT2D eigenvalue weighted by Gasteiger charge is 2.18. The Morgan fingerprint density at radius 1 is 1.15 bits per heavy atom. The van der Waals surface area contributed by atoms with E-state index in [9.17, 15) is 18.4 Å². The normalized spacial score (nSPS) is 10.7. The van der Waals surface area contributed by atoms with Crippen LogP contribution >= 0.6 is 11.8 Å². The third kappa shape index (κ3) is 6.06. The molecule has 0 heterocycles. The molecule has 0 aliphatic carbocycles. The summed E-state index contributed by atoms with van der Waals surface area (Å²) in [6, 6.07) is 10.3. The van der Waals surface area contributed by atoms with Crippen molar-refractivity contribution in [3.63, 3.8) is 0 Å². The topological polar surface area (TPSA) is 49.4 Å². The molecule has 0 aromatic heterocycles. The molecule has 2 aromatic carbocycles. The van der Waals surface area contributed by atoms with Gasteiger partial charge in [0.2, 0.25) is 5.91 Å². The van der Waals surface area contributed by atoms with Gasteiger partial charge < -0.3 is 10.2 Å². The zero-order chi connectivity index (χ0) is 20.0. The SMILES string of the molecule is CC(C)NC(=O)CSc1ccccc1C(=O)N(C)Cc1ccc(F)cc1F.